The van der Waals surface area contributed by atoms with Gasteiger partial charge in [0.25, 0.3) is 11.7 Å². The zero-order valence-electron chi connectivity index (χ0n) is 21.0. The Bertz CT molecular complexity index is 1360. The lowest BCUT2D eigenvalue weighted by Gasteiger charge is -2.26. The molecular weight excluding hydrogens is 474 g/mol. The van der Waals surface area contributed by atoms with Crippen molar-refractivity contribution in [3.63, 3.8) is 0 Å². The molecule has 0 radical (unpaired) electrons. The van der Waals surface area contributed by atoms with Crippen LogP contribution in [0.5, 0.6) is 17.2 Å². The molecule has 192 valence electrons. The van der Waals surface area contributed by atoms with E-state index in [0.717, 1.165) is 11.3 Å². The molecule has 0 aliphatic carbocycles. The maximum absolute atomic E-state index is 13.4. The molecule has 1 saturated heterocycles. The van der Waals surface area contributed by atoms with Crippen LogP contribution >= 0.6 is 0 Å². The quantitative estimate of drug-likeness (QED) is 0.284. The number of methoxy groups -OCH3 is 2. The number of aliphatic hydroxyl groups is 1. The van der Waals surface area contributed by atoms with Crippen molar-refractivity contribution >= 4 is 17.4 Å². The first-order chi connectivity index (χ1) is 17.9. The molecule has 1 amide bonds. The Hall–Kier alpha value is -4.27. The van der Waals surface area contributed by atoms with Crippen LogP contribution < -0.4 is 14.2 Å². The van der Waals surface area contributed by atoms with Gasteiger partial charge < -0.3 is 28.8 Å². The number of carbonyl (C=O) groups is 2. The highest BCUT2D eigenvalue weighted by atomic mass is 16.5. The number of nitrogens with zero attached hydrogens (tertiary/aromatic N) is 3. The highest BCUT2D eigenvalue weighted by Gasteiger charge is 2.46. The van der Waals surface area contributed by atoms with Crippen LogP contribution in [-0.4, -0.2) is 58.1 Å². The van der Waals surface area contributed by atoms with Crippen LogP contribution in [0.2, 0.25) is 0 Å². The van der Waals surface area contributed by atoms with E-state index in [9.17, 15) is 14.7 Å². The molecule has 0 saturated carbocycles. The van der Waals surface area contributed by atoms with Gasteiger partial charge in [-0.1, -0.05) is 6.07 Å². The van der Waals surface area contributed by atoms with Crippen LogP contribution in [0.3, 0.4) is 0 Å². The second-order valence-corrected chi connectivity index (χ2v) is 9.22. The van der Waals surface area contributed by atoms with Gasteiger partial charge in [0.05, 0.1) is 32.2 Å². The molecule has 9 nitrogen and oxygen atoms in total. The first kappa shape index (κ1) is 24.4. The molecule has 0 bridgehead atoms. The Morgan fingerprint density at radius 3 is 2.65 bits per heavy atom. The summed E-state index contributed by atoms with van der Waals surface area (Å²) < 4.78 is 18.5. The molecule has 1 aromatic heterocycles. The highest BCUT2D eigenvalue weighted by Crippen LogP contribution is 2.42. The maximum atomic E-state index is 13.4. The van der Waals surface area contributed by atoms with E-state index in [1.807, 2.05) is 23.8 Å². The Kier molecular flexibility index (Phi) is 6.60. The number of carbonyl (C=O) groups excluding carboxylic acids is 2. The van der Waals surface area contributed by atoms with Crippen molar-refractivity contribution in [2.75, 3.05) is 20.8 Å². The molecule has 9 heteroatoms. The van der Waals surface area contributed by atoms with Crippen LogP contribution in [-0.2, 0) is 22.6 Å². The second kappa shape index (κ2) is 10.0. The van der Waals surface area contributed by atoms with Crippen molar-refractivity contribution in [2.45, 2.75) is 38.5 Å². The minimum Gasteiger partial charge on any atom is -0.507 e. The number of ketones is 1. The van der Waals surface area contributed by atoms with Gasteiger partial charge in [-0.25, -0.2) is 4.98 Å². The summed E-state index contributed by atoms with van der Waals surface area (Å²) in [6, 6.07) is 9.80. The summed E-state index contributed by atoms with van der Waals surface area (Å²) in [6.07, 6.45) is 6.59. The number of rotatable bonds is 8. The predicted octanol–water partition coefficient (Wildman–Crippen LogP) is 3.74. The molecule has 0 unspecified atom stereocenters. The fraction of sp³-hybridized carbons (Fsp3) is 0.321. The van der Waals surface area contributed by atoms with Gasteiger partial charge in [-0.2, -0.15) is 0 Å². The molecule has 2 aliphatic rings. The lowest BCUT2D eigenvalue weighted by Crippen LogP contribution is -2.31. The number of amides is 1. The number of benzene rings is 2. The molecule has 37 heavy (non-hydrogen) atoms. The van der Waals surface area contributed by atoms with Crippen molar-refractivity contribution < 1.29 is 28.9 Å². The number of ether oxygens (including phenoxy) is 3. The van der Waals surface area contributed by atoms with Crippen molar-refractivity contribution in [1.82, 2.24) is 14.5 Å². The molecule has 1 N–H and O–H groups in total. The van der Waals surface area contributed by atoms with Crippen molar-refractivity contribution in [3.8, 4) is 17.2 Å². The molecule has 3 heterocycles. The minimum absolute atomic E-state index is 0.0419. The Morgan fingerprint density at radius 2 is 1.92 bits per heavy atom. The molecule has 2 atom stereocenters. The van der Waals surface area contributed by atoms with E-state index in [0.29, 0.717) is 48.6 Å². The lowest BCUT2D eigenvalue weighted by molar-refractivity contribution is -0.139. The number of aliphatic hydroxyl groups excluding tert-OH is 1. The minimum atomic E-state index is -0.786. The summed E-state index contributed by atoms with van der Waals surface area (Å²) in [5.74, 6) is 0.178. The van der Waals surface area contributed by atoms with Gasteiger partial charge in [-0.3, -0.25) is 9.59 Å². The summed E-state index contributed by atoms with van der Waals surface area (Å²) in [7, 11) is 3.06. The monoisotopic (exact) mass is 503 g/mol. The van der Waals surface area contributed by atoms with Gasteiger partial charge in [0, 0.05) is 37.5 Å². The third kappa shape index (κ3) is 4.52. The Labute approximate surface area is 214 Å². The van der Waals surface area contributed by atoms with E-state index in [-0.39, 0.29) is 17.4 Å². The van der Waals surface area contributed by atoms with E-state index < -0.39 is 17.7 Å². The number of fused-ring (bicyclic) bond motifs is 1. The average Bonchev–Trinajstić information content (AvgIpc) is 3.61. The van der Waals surface area contributed by atoms with Gasteiger partial charge in [0.15, 0.2) is 11.5 Å². The number of aryl methyl sites for hydroxylation is 1. The van der Waals surface area contributed by atoms with Crippen molar-refractivity contribution in [2.24, 2.45) is 0 Å². The van der Waals surface area contributed by atoms with E-state index in [1.54, 1.807) is 42.9 Å². The van der Waals surface area contributed by atoms with Crippen LogP contribution in [0.4, 0.5) is 0 Å². The first-order valence-electron chi connectivity index (χ1n) is 12.2. The largest absolute Gasteiger partial charge is 0.507 e. The standard InChI is InChI=1S/C28H29N3O6/c1-17-13-20-14-19(6-7-21(20)37-17)26(32)24-25(18-5-8-22(35-2)23(15-18)36-3)31(28(34)27(24)33)11-4-10-30-12-9-29-16-30/h5-9,12,14-17,25,32H,4,10-11,13H2,1-3H3/t17-,25+/m1/s1. The number of Topliss-reactive ketones (excluding diaryl/α,β-unsaturated/α-hetero) is 1. The zero-order valence-corrected chi connectivity index (χ0v) is 21.0. The first-order valence-corrected chi connectivity index (χ1v) is 12.2. The normalized spacial score (nSPS) is 20.1. The topological polar surface area (TPSA) is 103 Å². The van der Waals surface area contributed by atoms with E-state index >= 15 is 0 Å². The Balaban J connectivity index is 1.56. The number of aromatic nitrogens is 2. The van der Waals surface area contributed by atoms with E-state index in [2.05, 4.69) is 4.98 Å². The molecule has 2 aliphatic heterocycles. The van der Waals surface area contributed by atoms with Crippen molar-refractivity contribution in [1.29, 1.82) is 0 Å². The van der Waals surface area contributed by atoms with E-state index in [4.69, 9.17) is 14.2 Å². The van der Waals surface area contributed by atoms with Gasteiger partial charge in [-0.05, 0) is 54.8 Å². The van der Waals surface area contributed by atoms with Crippen LogP contribution in [0, 0.1) is 0 Å². The molecular formula is C28H29N3O6. The van der Waals surface area contributed by atoms with Gasteiger partial charge in [-0.15, -0.1) is 0 Å². The average molecular weight is 504 g/mol. The predicted molar refractivity (Wildman–Crippen MR) is 136 cm³/mol. The van der Waals surface area contributed by atoms with Crippen molar-refractivity contribution in [3.05, 3.63) is 77.4 Å². The molecule has 3 aromatic rings. The third-order valence-electron chi connectivity index (χ3n) is 6.81. The van der Waals surface area contributed by atoms with Gasteiger partial charge in [0.1, 0.15) is 17.6 Å². The number of likely N-dealkylation sites (tertiary alicyclic amines) is 1. The van der Waals surface area contributed by atoms with Gasteiger partial charge >= 0.3 is 0 Å². The smallest absolute Gasteiger partial charge is 0.295 e. The van der Waals surface area contributed by atoms with Gasteiger partial charge in [0.2, 0.25) is 0 Å². The lowest BCUT2D eigenvalue weighted by atomic mass is 9.94. The highest BCUT2D eigenvalue weighted by molar-refractivity contribution is 6.46. The summed E-state index contributed by atoms with van der Waals surface area (Å²) in [6.45, 7) is 2.92. The zero-order chi connectivity index (χ0) is 26.1. The fourth-order valence-electron chi connectivity index (χ4n) is 5.05. The fourth-order valence-corrected chi connectivity index (χ4v) is 5.05. The number of hydrogen-bond donors (Lipinski definition) is 1. The van der Waals surface area contributed by atoms with E-state index in [1.165, 1.54) is 19.1 Å². The van der Waals surface area contributed by atoms with Crippen LogP contribution in [0.25, 0.3) is 5.76 Å². The maximum Gasteiger partial charge on any atom is 0.295 e. The molecule has 2 aromatic carbocycles. The molecule has 0 spiro atoms. The number of hydrogen-bond acceptors (Lipinski definition) is 7. The van der Waals surface area contributed by atoms with Crippen LogP contribution in [0.15, 0.2) is 60.7 Å². The summed E-state index contributed by atoms with van der Waals surface area (Å²) >= 11 is 0. The molecule has 5 rings (SSSR count). The number of imidazole rings is 1. The summed E-state index contributed by atoms with van der Waals surface area (Å²) in [5, 5.41) is 11.4. The summed E-state index contributed by atoms with van der Waals surface area (Å²) in [5.41, 5.74) is 2.11. The third-order valence-corrected chi connectivity index (χ3v) is 6.81. The molecule has 1 fully saturated rings. The Morgan fingerprint density at radius 1 is 1.11 bits per heavy atom. The summed E-state index contributed by atoms with van der Waals surface area (Å²) in [4.78, 5) is 32.2. The SMILES string of the molecule is COc1ccc([C@H]2C(=C(O)c3ccc4c(c3)C[C@@H](C)O4)C(=O)C(=O)N2CCCn2ccnc2)cc1OC. The van der Waals surface area contributed by atoms with Crippen LogP contribution in [0.1, 0.15) is 36.1 Å². The second-order valence-electron chi connectivity index (χ2n) is 9.22.